The van der Waals surface area contributed by atoms with E-state index in [2.05, 4.69) is 6.58 Å². The maximum Gasteiger partial charge on any atom is 0.161 e. The summed E-state index contributed by atoms with van der Waals surface area (Å²) in [4.78, 5) is 11.1. The van der Waals surface area contributed by atoms with Gasteiger partial charge in [-0.3, -0.25) is 4.79 Å². The molecule has 0 aliphatic rings. The van der Waals surface area contributed by atoms with Crippen molar-refractivity contribution in [3.05, 3.63) is 12.2 Å². The SMILES string of the molecule is C=C(C)CCC(=O)C(O)CCC. The van der Waals surface area contributed by atoms with Gasteiger partial charge >= 0.3 is 0 Å². The van der Waals surface area contributed by atoms with E-state index in [1.807, 2.05) is 13.8 Å². The number of Topliss-reactive ketones (excluding diaryl/α,β-unsaturated/α-hetero) is 1. The van der Waals surface area contributed by atoms with Crippen molar-refractivity contribution in [2.24, 2.45) is 0 Å². The molecule has 0 amide bonds. The second-order valence-corrected chi connectivity index (χ2v) is 3.23. The van der Waals surface area contributed by atoms with Gasteiger partial charge in [-0.2, -0.15) is 0 Å². The molecule has 0 rings (SSSR count). The first-order chi connectivity index (χ1) is 5.57. The van der Waals surface area contributed by atoms with Crippen LogP contribution in [-0.4, -0.2) is 17.0 Å². The highest BCUT2D eigenvalue weighted by Crippen LogP contribution is 2.06. The second-order valence-electron chi connectivity index (χ2n) is 3.23. The van der Waals surface area contributed by atoms with E-state index < -0.39 is 6.10 Å². The summed E-state index contributed by atoms with van der Waals surface area (Å²) in [5.74, 6) is -0.0557. The standard InChI is InChI=1S/C10H18O2/c1-4-5-9(11)10(12)7-6-8(2)3/h9,11H,2,4-7H2,1,3H3. The van der Waals surface area contributed by atoms with Gasteiger partial charge in [-0.1, -0.05) is 18.9 Å². The average molecular weight is 170 g/mol. The molecule has 0 saturated heterocycles. The van der Waals surface area contributed by atoms with Crippen LogP contribution in [0.15, 0.2) is 12.2 Å². The quantitative estimate of drug-likeness (QED) is 0.620. The lowest BCUT2D eigenvalue weighted by molar-refractivity contribution is -0.127. The lowest BCUT2D eigenvalue weighted by atomic mass is 10.0. The number of ketones is 1. The predicted octanol–water partition coefficient (Wildman–Crippen LogP) is 2.07. The Morgan fingerprint density at radius 3 is 2.50 bits per heavy atom. The Hall–Kier alpha value is -0.630. The molecule has 1 unspecified atom stereocenters. The molecule has 0 aromatic heterocycles. The van der Waals surface area contributed by atoms with Crippen molar-refractivity contribution < 1.29 is 9.90 Å². The minimum atomic E-state index is -0.755. The van der Waals surface area contributed by atoms with E-state index in [1.54, 1.807) is 0 Å². The Balaban J connectivity index is 3.64. The van der Waals surface area contributed by atoms with Crippen LogP contribution in [0, 0.1) is 0 Å². The predicted molar refractivity (Wildman–Crippen MR) is 50.0 cm³/mol. The van der Waals surface area contributed by atoms with Gasteiger partial charge in [0.2, 0.25) is 0 Å². The first kappa shape index (κ1) is 11.4. The molecule has 12 heavy (non-hydrogen) atoms. The maximum atomic E-state index is 11.1. The monoisotopic (exact) mass is 170 g/mol. The van der Waals surface area contributed by atoms with Crippen LogP contribution >= 0.6 is 0 Å². The Bertz CT molecular complexity index is 161. The van der Waals surface area contributed by atoms with Gasteiger partial charge < -0.3 is 5.11 Å². The summed E-state index contributed by atoms with van der Waals surface area (Å²) in [5.41, 5.74) is 0.993. The summed E-state index contributed by atoms with van der Waals surface area (Å²) < 4.78 is 0. The van der Waals surface area contributed by atoms with Gasteiger partial charge in [0.15, 0.2) is 5.78 Å². The number of rotatable bonds is 6. The zero-order valence-electron chi connectivity index (χ0n) is 7.97. The molecule has 0 spiro atoms. The third-order valence-corrected chi connectivity index (χ3v) is 1.73. The minimum Gasteiger partial charge on any atom is -0.385 e. The van der Waals surface area contributed by atoms with E-state index in [0.29, 0.717) is 19.3 Å². The molecule has 0 saturated carbocycles. The molecule has 0 aromatic rings. The van der Waals surface area contributed by atoms with Gasteiger partial charge in [0, 0.05) is 6.42 Å². The number of carbonyl (C=O) groups excluding carboxylic acids is 1. The van der Waals surface area contributed by atoms with Crippen molar-refractivity contribution in [1.29, 1.82) is 0 Å². The highest BCUT2D eigenvalue weighted by Gasteiger charge is 2.12. The summed E-state index contributed by atoms with van der Waals surface area (Å²) >= 11 is 0. The van der Waals surface area contributed by atoms with Crippen LogP contribution in [0.5, 0.6) is 0 Å². The number of aliphatic hydroxyl groups is 1. The largest absolute Gasteiger partial charge is 0.385 e. The molecule has 0 heterocycles. The molecule has 70 valence electrons. The third kappa shape index (κ3) is 5.08. The summed E-state index contributed by atoms with van der Waals surface area (Å²) in [6, 6.07) is 0. The normalized spacial score (nSPS) is 12.6. The lowest BCUT2D eigenvalue weighted by Gasteiger charge is -2.07. The number of hydrogen-bond acceptors (Lipinski definition) is 2. The summed E-state index contributed by atoms with van der Waals surface area (Å²) in [6.45, 7) is 7.54. The Labute approximate surface area is 74.3 Å². The van der Waals surface area contributed by atoms with Crippen molar-refractivity contribution in [3.8, 4) is 0 Å². The van der Waals surface area contributed by atoms with Crippen LogP contribution in [0.1, 0.15) is 39.5 Å². The zero-order chi connectivity index (χ0) is 9.56. The van der Waals surface area contributed by atoms with Crippen LogP contribution in [0.4, 0.5) is 0 Å². The summed E-state index contributed by atoms with van der Waals surface area (Å²) in [7, 11) is 0. The molecule has 2 heteroatoms. The van der Waals surface area contributed by atoms with Crippen LogP contribution in [0.2, 0.25) is 0 Å². The maximum absolute atomic E-state index is 11.1. The van der Waals surface area contributed by atoms with Crippen molar-refractivity contribution >= 4 is 5.78 Å². The highest BCUT2D eigenvalue weighted by molar-refractivity contribution is 5.82. The van der Waals surface area contributed by atoms with E-state index in [-0.39, 0.29) is 5.78 Å². The van der Waals surface area contributed by atoms with E-state index in [9.17, 15) is 9.90 Å². The Morgan fingerprint density at radius 1 is 1.50 bits per heavy atom. The fraction of sp³-hybridized carbons (Fsp3) is 0.700. The average Bonchev–Trinajstić information content (AvgIpc) is 2.00. The second kappa shape index (κ2) is 5.95. The van der Waals surface area contributed by atoms with Crippen molar-refractivity contribution in [2.75, 3.05) is 0 Å². The summed E-state index contributed by atoms with van der Waals surface area (Å²) in [6.07, 6.45) is 1.79. The Morgan fingerprint density at radius 2 is 2.08 bits per heavy atom. The molecule has 1 atom stereocenters. The van der Waals surface area contributed by atoms with Gasteiger partial charge in [-0.05, 0) is 19.8 Å². The zero-order valence-corrected chi connectivity index (χ0v) is 7.97. The number of hydrogen-bond donors (Lipinski definition) is 1. The number of allylic oxidation sites excluding steroid dienone is 1. The minimum absolute atomic E-state index is 0.0557. The van der Waals surface area contributed by atoms with Crippen molar-refractivity contribution in [3.63, 3.8) is 0 Å². The van der Waals surface area contributed by atoms with Crippen LogP contribution in [0.3, 0.4) is 0 Å². The number of aliphatic hydroxyl groups excluding tert-OH is 1. The van der Waals surface area contributed by atoms with Crippen molar-refractivity contribution in [2.45, 2.75) is 45.6 Å². The molecule has 0 aliphatic carbocycles. The molecule has 1 N–H and O–H groups in total. The van der Waals surface area contributed by atoms with Gasteiger partial charge in [-0.15, -0.1) is 6.58 Å². The van der Waals surface area contributed by atoms with Crippen LogP contribution in [0.25, 0.3) is 0 Å². The first-order valence-corrected chi connectivity index (χ1v) is 4.43. The summed E-state index contributed by atoms with van der Waals surface area (Å²) in [5, 5.41) is 9.25. The van der Waals surface area contributed by atoms with Crippen LogP contribution in [-0.2, 0) is 4.79 Å². The Kier molecular flexibility index (Phi) is 5.64. The van der Waals surface area contributed by atoms with E-state index in [1.165, 1.54) is 0 Å². The fourth-order valence-electron chi connectivity index (χ4n) is 0.938. The van der Waals surface area contributed by atoms with Crippen molar-refractivity contribution in [1.82, 2.24) is 0 Å². The molecule has 0 radical (unpaired) electrons. The fourth-order valence-corrected chi connectivity index (χ4v) is 0.938. The molecule has 0 bridgehead atoms. The van der Waals surface area contributed by atoms with E-state index in [4.69, 9.17) is 0 Å². The molecular weight excluding hydrogens is 152 g/mol. The first-order valence-electron chi connectivity index (χ1n) is 4.43. The molecule has 2 nitrogen and oxygen atoms in total. The van der Waals surface area contributed by atoms with Gasteiger partial charge in [0.1, 0.15) is 6.10 Å². The van der Waals surface area contributed by atoms with Gasteiger partial charge in [0.05, 0.1) is 0 Å². The van der Waals surface area contributed by atoms with Gasteiger partial charge in [-0.25, -0.2) is 0 Å². The van der Waals surface area contributed by atoms with E-state index >= 15 is 0 Å². The smallest absolute Gasteiger partial charge is 0.161 e. The van der Waals surface area contributed by atoms with Crippen LogP contribution < -0.4 is 0 Å². The molecule has 0 aliphatic heterocycles. The molecule has 0 aromatic carbocycles. The molecule has 0 fully saturated rings. The topological polar surface area (TPSA) is 37.3 Å². The third-order valence-electron chi connectivity index (χ3n) is 1.73. The number of carbonyl (C=O) groups is 1. The molecular formula is C10H18O2. The highest BCUT2D eigenvalue weighted by atomic mass is 16.3. The van der Waals surface area contributed by atoms with Gasteiger partial charge in [0.25, 0.3) is 0 Å². The van der Waals surface area contributed by atoms with E-state index in [0.717, 1.165) is 12.0 Å². The lowest BCUT2D eigenvalue weighted by Crippen LogP contribution is -2.19.